The van der Waals surface area contributed by atoms with Gasteiger partial charge in [0.1, 0.15) is 10.7 Å². The fourth-order valence-corrected chi connectivity index (χ4v) is 4.27. The van der Waals surface area contributed by atoms with E-state index in [2.05, 4.69) is 20.5 Å². The quantitative estimate of drug-likeness (QED) is 0.836. The zero-order chi connectivity index (χ0) is 15.7. The number of hydrogen-bond donors (Lipinski definition) is 2. The molecule has 0 saturated carbocycles. The van der Waals surface area contributed by atoms with Crippen LogP contribution in [0.15, 0.2) is 9.90 Å². The van der Waals surface area contributed by atoms with Crippen molar-refractivity contribution in [2.45, 2.75) is 26.7 Å². The largest absolute Gasteiger partial charge is 0.309 e. The summed E-state index contributed by atoms with van der Waals surface area (Å²) in [5.41, 5.74) is 4.30. The minimum Gasteiger partial charge on any atom is -0.309 e. The van der Waals surface area contributed by atoms with Crippen LogP contribution in [0.4, 0.5) is 0 Å². The molecule has 0 spiro atoms. The molecule has 0 unspecified atom stereocenters. The summed E-state index contributed by atoms with van der Waals surface area (Å²) >= 11 is 3.28. The molecule has 2 aromatic heterocycles. The molecule has 1 saturated heterocycles. The lowest BCUT2D eigenvalue weighted by Crippen LogP contribution is -2.24. The Hall–Kier alpha value is -1.67. The van der Waals surface area contributed by atoms with Gasteiger partial charge in [-0.05, 0) is 31.6 Å². The van der Waals surface area contributed by atoms with Gasteiger partial charge in [-0.15, -0.1) is 11.3 Å². The molecular weight excluding hydrogens is 320 g/mol. The Bertz CT molecular complexity index is 814. The maximum Gasteiger partial charge on any atom is 0.259 e. The van der Waals surface area contributed by atoms with Gasteiger partial charge in [0.05, 0.1) is 11.8 Å². The molecule has 3 heterocycles. The highest BCUT2D eigenvalue weighted by Crippen LogP contribution is 2.25. The topological polar surface area (TPSA) is 87.2 Å². The number of fused-ring (bicyclic) bond motifs is 1. The molecule has 2 aromatic rings. The lowest BCUT2D eigenvalue weighted by Gasteiger charge is -2.01. The molecule has 0 atom stereocenters. The van der Waals surface area contributed by atoms with E-state index in [1.54, 1.807) is 11.8 Å². The van der Waals surface area contributed by atoms with Gasteiger partial charge >= 0.3 is 0 Å². The number of aromatic nitrogens is 2. The molecule has 0 radical (unpaired) electrons. The number of thiophene rings is 1. The van der Waals surface area contributed by atoms with Crippen molar-refractivity contribution in [1.82, 2.24) is 15.4 Å². The summed E-state index contributed by atoms with van der Waals surface area (Å²) in [4.78, 5) is 32.9. The van der Waals surface area contributed by atoms with Crippen LogP contribution >= 0.6 is 23.1 Å². The summed E-state index contributed by atoms with van der Waals surface area (Å²) in [6.07, 6.45) is 0.935. The van der Waals surface area contributed by atoms with Gasteiger partial charge in [-0.3, -0.25) is 9.59 Å². The van der Waals surface area contributed by atoms with Crippen molar-refractivity contribution in [3.8, 4) is 0 Å². The third kappa shape index (κ3) is 3.07. The molecular formula is C14H16N4O2S2. The second-order valence-corrected chi connectivity index (χ2v) is 7.48. The number of hydrazone groups is 1. The number of amides is 1. The highest BCUT2D eigenvalue weighted by atomic mass is 32.2. The van der Waals surface area contributed by atoms with Gasteiger partial charge in [-0.25, -0.2) is 10.4 Å². The lowest BCUT2D eigenvalue weighted by molar-refractivity contribution is -0.120. The molecule has 0 aliphatic carbocycles. The van der Waals surface area contributed by atoms with Gasteiger partial charge in [-0.2, -0.15) is 16.9 Å². The molecule has 1 aliphatic heterocycles. The predicted molar refractivity (Wildman–Crippen MR) is 90.9 cm³/mol. The van der Waals surface area contributed by atoms with E-state index in [1.807, 2.05) is 13.8 Å². The zero-order valence-electron chi connectivity index (χ0n) is 12.4. The smallest absolute Gasteiger partial charge is 0.259 e. The Balaban J connectivity index is 1.77. The number of aromatic amines is 1. The monoisotopic (exact) mass is 336 g/mol. The number of carbonyl (C=O) groups is 1. The number of nitrogens with one attached hydrogen (secondary N) is 2. The van der Waals surface area contributed by atoms with Crippen LogP contribution in [-0.2, 0) is 11.2 Å². The van der Waals surface area contributed by atoms with Crippen LogP contribution in [-0.4, -0.2) is 33.1 Å². The van der Waals surface area contributed by atoms with Crippen molar-refractivity contribution in [3.05, 3.63) is 26.6 Å². The van der Waals surface area contributed by atoms with E-state index in [-0.39, 0.29) is 17.9 Å². The van der Waals surface area contributed by atoms with Gasteiger partial charge in [0, 0.05) is 16.3 Å². The Morgan fingerprint density at radius 3 is 3.00 bits per heavy atom. The molecule has 3 rings (SSSR count). The maximum atomic E-state index is 12.1. The van der Waals surface area contributed by atoms with Crippen LogP contribution in [0.25, 0.3) is 10.2 Å². The summed E-state index contributed by atoms with van der Waals surface area (Å²) in [7, 11) is 0. The fraction of sp³-hybridized carbons (Fsp3) is 0.429. The SMILES string of the molecule is Cc1sc2nc(CC(=O)N/N=C3/CCSC3)[nH]c(=O)c2c1C. The van der Waals surface area contributed by atoms with Crippen molar-refractivity contribution < 1.29 is 4.79 Å². The summed E-state index contributed by atoms with van der Waals surface area (Å²) in [5.74, 6) is 2.03. The second kappa shape index (κ2) is 6.21. The van der Waals surface area contributed by atoms with Crippen molar-refractivity contribution in [2.75, 3.05) is 11.5 Å². The average molecular weight is 336 g/mol. The number of nitrogens with zero attached hydrogens (tertiary/aromatic N) is 2. The molecule has 1 aliphatic rings. The molecule has 1 amide bonds. The summed E-state index contributed by atoms with van der Waals surface area (Å²) in [6, 6.07) is 0. The minimum atomic E-state index is -0.267. The molecule has 0 bridgehead atoms. The highest BCUT2D eigenvalue weighted by Gasteiger charge is 2.14. The number of rotatable bonds is 3. The predicted octanol–water partition coefficient (Wildman–Crippen LogP) is 1.75. The zero-order valence-corrected chi connectivity index (χ0v) is 14.0. The fourth-order valence-electron chi connectivity index (χ4n) is 2.26. The number of thioether (sulfide) groups is 1. The number of carbonyl (C=O) groups excluding carboxylic acids is 1. The van der Waals surface area contributed by atoms with Crippen molar-refractivity contribution in [1.29, 1.82) is 0 Å². The minimum absolute atomic E-state index is 0.0189. The van der Waals surface area contributed by atoms with Crippen LogP contribution in [0.2, 0.25) is 0 Å². The van der Waals surface area contributed by atoms with Crippen molar-refractivity contribution in [2.24, 2.45) is 5.10 Å². The van der Waals surface area contributed by atoms with E-state index in [0.717, 1.165) is 34.1 Å². The molecule has 6 nitrogen and oxygen atoms in total. The summed E-state index contributed by atoms with van der Waals surface area (Å²) in [5, 5.41) is 4.72. The van der Waals surface area contributed by atoms with Crippen LogP contribution in [0, 0.1) is 13.8 Å². The Morgan fingerprint density at radius 1 is 1.45 bits per heavy atom. The summed E-state index contributed by atoms with van der Waals surface area (Å²) < 4.78 is 0. The van der Waals surface area contributed by atoms with Gasteiger partial charge in [0.15, 0.2) is 0 Å². The van der Waals surface area contributed by atoms with Crippen molar-refractivity contribution in [3.63, 3.8) is 0 Å². The molecule has 0 aromatic carbocycles. The first-order chi connectivity index (χ1) is 10.5. The standard InChI is InChI=1S/C14H16N4O2S2/c1-7-8(2)22-14-12(7)13(20)15-10(16-14)5-11(19)18-17-9-3-4-21-6-9/h3-6H2,1-2H3,(H,18,19)(H,15,16,20)/b17-9-. The van der Waals surface area contributed by atoms with Crippen LogP contribution in [0.3, 0.4) is 0 Å². The Labute approximate surface area is 135 Å². The first-order valence-corrected chi connectivity index (χ1v) is 8.92. The maximum absolute atomic E-state index is 12.1. The first kappa shape index (κ1) is 15.2. The first-order valence-electron chi connectivity index (χ1n) is 6.95. The van der Waals surface area contributed by atoms with Crippen LogP contribution in [0.1, 0.15) is 22.7 Å². The van der Waals surface area contributed by atoms with Gasteiger partial charge in [0.2, 0.25) is 5.91 Å². The third-order valence-electron chi connectivity index (χ3n) is 3.56. The van der Waals surface area contributed by atoms with Crippen LogP contribution in [0.5, 0.6) is 0 Å². The van der Waals surface area contributed by atoms with E-state index in [1.165, 1.54) is 11.3 Å². The van der Waals surface area contributed by atoms with E-state index in [9.17, 15) is 9.59 Å². The second-order valence-electron chi connectivity index (χ2n) is 5.17. The number of hydrogen-bond acceptors (Lipinski definition) is 6. The summed E-state index contributed by atoms with van der Waals surface area (Å²) in [6.45, 7) is 3.87. The van der Waals surface area contributed by atoms with Gasteiger partial charge in [0.25, 0.3) is 5.56 Å². The number of H-pyrrole nitrogens is 1. The Morgan fingerprint density at radius 2 is 2.27 bits per heavy atom. The van der Waals surface area contributed by atoms with E-state index in [4.69, 9.17) is 0 Å². The highest BCUT2D eigenvalue weighted by molar-refractivity contribution is 8.00. The third-order valence-corrected chi connectivity index (χ3v) is 5.69. The van der Waals surface area contributed by atoms with E-state index >= 15 is 0 Å². The molecule has 22 heavy (non-hydrogen) atoms. The van der Waals surface area contributed by atoms with Crippen LogP contribution < -0.4 is 11.0 Å². The van der Waals surface area contributed by atoms with E-state index in [0.29, 0.717) is 16.0 Å². The molecule has 8 heteroatoms. The van der Waals surface area contributed by atoms with E-state index < -0.39 is 0 Å². The van der Waals surface area contributed by atoms with Gasteiger partial charge < -0.3 is 4.98 Å². The lowest BCUT2D eigenvalue weighted by atomic mass is 10.2. The van der Waals surface area contributed by atoms with Gasteiger partial charge in [-0.1, -0.05) is 0 Å². The molecule has 1 fully saturated rings. The van der Waals surface area contributed by atoms with Crippen molar-refractivity contribution >= 4 is 44.9 Å². The normalized spacial score (nSPS) is 16.5. The Kier molecular flexibility index (Phi) is 4.30. The molecule has 2 N–H and O–H groups in total. The average Bonchev–Trinajstić information content (AvgIpc) is 3.06. The number of aryl methyl sites for hydroxylation is 2. The molecule has 116 valence electrons.